The molecule has 1 atom stereocenters. The molecular formula is C12H14O2. The lowest BCUT2D eigenvalue weighted by molar-refractivity contribution is 0.0868. The first-order chi connectivity index (χ1) is 6.59. The Balaban J connectivity index is 2.63. The van der Waals surface area contributed by atoms with E-state index < -0.39 is 0 Å². The van der Waals surface area contributed by atoms with E-state index >= 15 is 0 Å². The van der Waals surface area contributed by atoms with Crippen LogP contribution < -0.4 is 4.74 Å². The molecule has 0 fully saturated rings. The number of rotatable bonds is 0. The average Bonchev–Trinajstić information content (AvgIpc) is 2.10. The van der Waals surface area contributed by atoms with Crippen LogP contribution >= 0.6 is 0 Å². The van der Waals surface area contributed by atoms with Gasteiger partial charge >= 0.3 is 0 Å². The summed E-state index contributed by atoms with van der Waals surface area (Å²) < 4.78 is 5.69. The average molecular weight is 190 g/mol. The second-order valence-electron chi connectivity index (χ2n) is 3.96. The Morgan fingerprint density at radius 3 is 2.64 bits per heavy atom. The number of ether oxygens (including phenoxy) is 1. The van der Waals surface area contributed by atoms with Crippen LogP contribution in [0.4, 0.5) is 0 Å². The molecule has 14 heavy (non-hydrogen) atoms. The molecule has 2 rings (SSSR count). The molecule has 0 amide bonds. The monoisotopic (exact) mass is 190 g/mol. The van der Waals surface area contributed by atoms with Crippen LogP contribution in [-0.4, -0.2) is 11.9 Å². The summed E-state index contributed by atoms with van der Waals surface area (Å²) in [4.78, 5) is 11.8. The molecule has 0 radical (unpaired) electrons. The fraction of sp³-hybridized carbons (Fsp3) is 0.417. The van der Waals surface area contributed by atoms with Gasteiger partial charge in [0.1, 0.15) is 11.9 Å². The molecule has 2 heteroatoms. The lowest BCUT2D eigenvalue weighted by atomic mass is 9.95. The van der Waals surface area contributed by atoms with Crippen molar-refractivity contribution in [3.05, 3.63) is 28.8 Å². The number of hydrogen-bond acceptors (Lipinski definition) is 2. The van der Waals surface area contributed by atoms with Crippen molar-refractivity contribution in [1.29, 1.82) is 0 Å². The fourth-order valence-corrected chi connectivity index (χ4v) is 1.89. The summed E-state index contributed by atoms with van der Waals surface area (Å²) in [6, 6.07) is 3.98. The van der Waals surface area contributed by atoms with Crippen LogP contribution in [0.25, 0.3) is 0 Å². The maximum absolute atomic E-state index is 11.8. The van der Waals surface area contributed by atoms with E-state index in [4.69, 9.17) is 4.74 Å². The minimum Gasteiger partial charge on any atom is -0.489 e. The molecule has 1 aliphatic heterocycles. The minimum atomic E-state index is 0.00972. The van der Waals surface area contributed by atoms with Gasteiger partial charge in [-0.3, -0.25) is 4.79 Å². The van der Waals surface area contributed by atoms with E-state index in [9.17, 15) is 4.79 Å². The maximum Gasteiger partial charge on any atom is 0.170 e. The van der Waals surface area contributed by atoms with Crippen LogP contribution in [0.1, 0.15) is 34.8 Å². The van der Waals surface area contributed by atoms with Gasteiger partial charge in [-0.1, -0.05) is 12.1 Å². The molecule has 1 unspecified atom stereocenters. The summed E-state index contributed by atoms with van der Waals surface area (Å²) in [5.41, 5.74) is 2.84. The quantitative estimate of drug-likeness (QED) is 0.628. The third-order valence-electron chi connectivity index (χ3n) is 2.63. The van der Waals surface area contributed by atoms with Gasteiger partial charge in [-0.15, -0.1) is 0 Å². The van der Waals surface area contributed by atoms with E-state index in [-0.39, 0.29) is 11.9 Å². The van der Waals surface area contributed by atoms with E-state index in [1.54, 1.807) is 0 Å². The highest BCUT2D eigenvalue weighted by atomic mass is 16.5. The number of carbonyl (C=O) groups excluding carboxylic acids is 1. The van der Waals surface area contributed by atoms with E-state index in [0.29, 0.717) is 6.42 Å². The smallest absolute Gasteiger partial charge is 0.170 e. The Labute approximate surface area is 83.9 Å². The summed E-state index contributed by atoms with van der Waals surface area (Å²) in [5.74, 6) is 0.994. The van der Waals surface area contributed by atoms with E-state index in [0.717, 1.165) is 22.4 Å². The second kappa shape index (κ2) is 3.12. The van der Waals surface area contributed by atoms with Gasteiger partial charge in [-0.05, 0) is 31.9 Å². The highest BCUT2D eigenvalue weighted by Crippen LogP contribution is 2.33. The van der Waals surface area contributed by atoms with Crippen LogP contribution in [0.15, 0.2) is 12.1 Å². The van der Waals surface area contributed by atoms with Gasteiger partial charge in [-0.25, -0.2) is 0 Å². The first kappa shape index (κ1) is 9.25. The molecule has 1 aliphatic rings. The summed E-state index contributed by atoms with van der Waals surface area (Å²) in [6.45, 7) is 5.86. The molecule has 0 spiro atoms. The number of hydrogen-bond donors (Lipinski definition) is 0. The predicted molar refractivity (Wildman–Crippen MR) is 55.0 cm³/mol. The van der Waals surface area contributed by atoms with Crippen LogP contribution in [0, 0.1) is 13.8 Å². The molecule has 0 bridgehead atoms. The van der Waals surface area contributed by atoms with Crippen molar-refractivity contribution in [2.24, 2.45) is 0 Å². The van der Waals surface area contributed by atoms with E-state index in [2.05, 4.69) is 0 Å². The second-order valence-corrected chi connectivity index (χ2v) is 3.96. The molecule has 0 aromatic heterocycles. The Bertz CT molecular complexity index is 394. The van der Waals surface area contributed by atoms with Crippen molar-refractivity contribution < 1.29 is 9.53 Å². The number of fused-ring (bicyclic) bond motifs is 1. The topological polar surface area (TPSA) is 26.3 Å². The maximum atomic E-state index is 11.8. The summed E-state index contributed by atoms with van der Waals surface area (Å²) in [7, 11) is 0. The number of carbonyl (C=O) groups is 1. The lowest BCUT2D eigenvalue weighted by Crippen LogP contribution is -2.25. The predicted octanol–water partition coefficient (Wildman–Crippen LogP) is 2.66. The van der Waals surface area contributed by atoms with Crippen molar-refractivity contribution in [3.8, 4) is 5.75 Å². The van der Waals surface area contributed by atoms with Gasteiger partial charge in [0.2, 0.25) is 0 Å². The van der Waals surface area contributed by atoms with Gasteiger partial charge in [0.25, 0.3) is 0 Å². The standard InChI is InChI=1S/C12H14O2/c1-7-4-5-8(2)12-11(7)10(13)6-9(3)14-12/h4-5,9H,6H2,1-3H3. The van der Waals surface area contributed by atoms with Crippen molar-refractivity contribution in [2.45, 2.75) is 33.3 Å². The summed E-state index contributed by atoms with van der Waals surface area (Å²) in [5, 5.41) is 0. The molecule has 1 aromatic carbocycles. The number of Topliss-reactive ketones (excluding diaryl/α,β-unsaturated/α-hetero) is 1. The van der Waals surface area contributed by atoms with E-state index in [1.807, 2.05) is 32.9 Å². The highest BCUT2D eigenvalue weighted by Gasteiger charge is 2.26. The SMILES string of the molecule is Cc1ccc(C)c2c1OC(C)CC2=O. The van der Waals surface area contributed by atoms with Crippen LogP contribution in [0.3, 0.4) is 0 Å². The third kappa shape index (κ3) is 1.31. The Morgan fingerprint density at radius 2 is 1.93 bits per heavy atom. The molecule has 1 aromatic rings. The van der Waals surface area contributed by atoms with Crippen LogP contribution in [0.5, 0.6) is 5.75 Å². The van der Waals surface area contributed by atoms with E-state index in [1.165, 1.54) is 0 Å². The summed E-state index contributed by atoms with van der Waals surface area (Å²) >= 11 is 0. The normalized spacial score (nSPS) is 20.2. The van der Waals surface area contributed by atoms with Gasteiger partial charge in [0.15, 0.2) is 5.78 Å². The Kier molecular flexibility index (Phi) is 2.06. The molecule has 0 saturated heterocycles. The first-order valence-corrected chi connectivity index (χ1v) is 4.89. The van der Waals surface area contributed by atoms with Gasteiger partial charge in [0.05, 0.1) is 5.56 Å². The third-order valence-corrected chi connectivity index (χ3v) is 2.63. The molecule has 0 N–H and O–H groups in total. The van der Waals surface area contributed by atoms with Crippen molar-refractivity contribution in [1.82, 2.24) is 0 Å². The van der Waals surface area contributed by atoms with Crippen molar-refractivity contribution in [3.63, 3.8) is 0 Å². The van der Waals surface area contributed by atoms with Gasteiger partial charge in [0, 0.05) is 6.42 Å². The van der Waals surface area contributed by atoms with Gasteiger partial charge < -0.3 is 4.74 Å². The molecular weight excluding hydrogens is 176 g/mol. The Hall–Kier alpha value is -1.31. The largest absolute Gasteiger partial charge is 0.489 e. The molecule has 2 nitrogen and oxygen atoms in total. The molecule has 74 valence electrons. The lowest BCUT2D eigenvalue weighted by Gasteiger charge is -2.25. The highest BCUT2D eigenvalue weighted by molar-refractivity contribution is 6.01. The summed E-state index contributed by atoms with van der Waals surface area (Å²) in [6.07, 6.45) is 0.507. The molecule has 0 saturated carbocycles. The Morgan fingerprint density at radius 1 is 1.29 bits per heavy atom. The zero-order valence-corrected chi connectivity index (χ0v) is 8.76. The zero-order valence-electron chi connectivity index (χ0n) is 8.76. The number of aryl methyl sites for hydroxylation is 2. The van der Waals surface area contributed by atoms with Crippen LogP contribution in [0.2, 0.25) is 0 Å². The number of ketones is 1. The zero-order chi connectivity index (χ0) is 10.3. The number of benzene rings is 1. The minimum absolute atomic E-state index is 0.00972. The van der Waals surface area contributed by atoms with Crippen molar-refractivity contribution in [2.75, 3.05) is 0 Å². The van der Waals surface area contributed by atoms with Crippen LogP contribution in [-0.2, 0) is 0 Å². The first-order valence-electron chi connectivity index (χ1n) is 4.89. The molecule has 1 heterocycles. The van der Waals surface area contributed by atoms with Gasteiger partial charge in [-0.2, -0.15) is 0 Å². The van der Waals surface area contributed by atoms with Crippen molar-refractivity contribution >= 4 is 5.78 Å². The fourth-order valence-electron chi connectivity index (χ4n) is 1.89. The molecule has 0 aliphatic carbocycles.